The number of carbonyl (C=O) groups excluding carboxylic acids is 3. The first kappa shape index (κ1) is 29.0. The molecule has 0 spiro atoms. The number of carboxylic acid groups (broad SMARTS) is 1. The van der Waals surface area contributed by atoms with Crippen molar-refractivity contribution < 1.29 is 29.0 Å². The van der Waals surface area contributed by atoms with Gasteiger partial charge in [0, 0.05) is 16.0 Å². The van der Waals surface area contributed by atoms with E-state index in [9.17, 15) is 24.3 Å². The van der Waals surface area contributed by atoms with Gasteiger partial charge in [-0.15, -0.1) is 33.3 Å². The molecule has 3 N–H and O–H groups in total. The molecule has 2 atom stereocenters. The highest BCUT2D eigenvalue weighted by Crippen LogP contribution is 2.45. The number of carboxylic acids is 1. The predicted octanol–water partition coefficient (Wildman–Crippen LogP) is 3.93. The van der Waals surface area contributed by atoms with Gasteiger partial charge in [-0.2, -0.15) is 0 Å². The largest absolute Gasteiger partial charge is 0.477 e. The molecule has 2 aromatic rings. The standard InChI is InChI=1S/C23H26N6O6S4/c1-6-7-11(12-8-37-20(24-12)26-21(34)35-23(3,4)5)16(30)25-14-17(31)29-15(19(32)33)13(9-36-18(14)29)39-22-28-27-10(2)38-22/h7-8,14,18H,6,9H2,1-5H3,(H,25,30)(H,32,33)(H,24,26,34)/b11-7-/t14-,18-/m1/s1. The highest BCUT2D eigenvalue weighted by molar-refractivity contribution is 8.07. The van der Waals surface area contributed by atoms with E-state index < -0.39 is 40.9 Å². The van der Waals surface area contributed by atoms with Crippen LogP contribution in [0.1, 0.15) is 44.8 Å². The summed E-state index contributed by atoms with van der Waals surface area (Å²) in [6, 6.07) is -0.898. The summed E-state index contributed by atoms with van der Waals surface area (Å²) in [5, 5.41) is 25.2. The molecule has 0 unspecified atom stereocenters. The van der Waals surface area contributed by atoms with Crippen molar-refractivity contribution in [1.29, 1.82) is 0 Å². The third-order valence-corrected chi connectivity index (χ3v) is 9.38. The first-order chi connectivity index (χ1) is 18.4. The summed E-state index contributed by atoms with van der Waals surface area (Å²) in [6.07, 6.45) is 1.54. The molecular formula is C23H26N6O6S4. The topological polar surface area (TPSA) is 164 Å². The van der Waals surface area contributed by atoms with Gasteiger partial charge in [0.25, 0.3) is 11.8 Å². The number of aromatic nitrogens is 3. The van der Waals surface area contributed by atoms with Gasteiger partial charge < -0.3 is 15.2 Å². The van der Waals surface area contributed by atoms with Crippen molar-refractivity contribution in [2.75, 3.05) is 11.1 Å². The Balaban J connectivity index is 1.46. The summed E-state index contributed by atoms with van der Waals surface area (Å²) in [4.78, 5) is 56.6. The van der Waals surface area contributed by atoms with Gasteiger partial charge in [0.05, 0.1) is 11.3 Å². The zero-order valence-corrected chi connectivity index (χ0v) is 24.9. The van der Waals surface area contributed by atoms with Crippen LogP contribution in [0.25, 0.3) is 5.57 Å². The Morgan fingerprint density at radius 2 is 2.05 bits per heavy atom. The average molecular weight is 611 g/mol. The summed E-state index contributed by atoms with van der Waals surface area (Å²) in [5.41, 5.74) is -0.199. The zero-order valence-electron chi connectivity index (χ0n) is 21.6. The SMILES string of the molecule is CC/C=C(\C(=O)N[C@@H]1C(=O)N2C(C(=O)O)=C(Sc3nnc(C)s3)CS[C@H]12)c1csc(NC(=O)OC(C)(C)C)n1. The molecule has 2 aromatic heterocycles. The number of fused-ring (bicyclic) bond motifs is 1. The normalized spacial score (nSPS) is 19.4. The number of ether oxygens (including phenoxy) is 1. The summed E-state index contributed by atoms with van der Waals surface area (Å²) in [6.45, 7) is 8.89. The number of nitrogens with one attached hydrogen (secondary N) is 2. The fourth-order valence-corrected chi connectivity index (χ4v) is 7.83. The number of rotatable bonds is 8. The van der Waals surface area contributed by atoms with Crippen LogP contribution in [0.2, 0.25) is 0 Å². The lowest BCUT2D eigenvalue weighted by molar-refractivity contribution is -0.150. The number of allylic oxidation sites excluding steroid dienone is 1. The highest BCUT2D eigenvalue weighted by Gasteiger charge is 2.54. The first-order valence-corrected chi connectivity index (χ1v) is 15.3. The Hall–Kier alpha value is -2.95. The third kappa shape index (κ3) is 6.62. The molecule has 0 aliphatic carbocycles. The Morgan fingerprint density at radius 3 is 2.67 bits per heavy atom. The molecule has 0 aromatic carbocycles. The molecule has 2 aliphatic rings. The van der Waals surface area contributed by atoms with Crippen LogP contribution in [0.5, 0.6) is 0 Å². The number of carbonyl (C=O) groups is 4. The number of anilines is 1. The van der Waals surface area contributed by atoms with Crippen LogP contribution >= 0.6 is 46.2 Å². The molecule has 16 heteroatoms. The van der Waals surface area contributed by atoms with Crippen molar-refractivity contribution in [3.63, 3.8) is 0 Å². The number of hydrogen-bond donors (Lipinski definition) is 3. The number of β-lactam (4-membered cyclic amide) rings is 1. The Bertz CT molecular complexity index is 1380. The summed E-state index contributed by atoms with van der Waals surface area (Å²) >= 11 is 5.03. The quantitative estimate of drug-likeness (QED) is 0.293. The van der Waals surface area contributed by atoms with E-state index in [1.165, 1.54) is 39.8 Å². The maximum atomic E-state index is 13.2. The van der Waals surface area contributed by atoms with Crippen molar-refractivity contribution in [3.05, 3.63) is 32.8 Å². The predicted molar refractivity (Wildman–Crippen MR) is 150 cm³/mol. The smallest absolute Gasteiger partial charge is 0.413 e. The van der Waals surface area contributed by atoms with Crippen LogP contribution in [0.4, 0.5) is 9.93 Å². The molecule has 39 heavy (non-hydrogen) atoms. The number of aryl methyl sites for hydroxylation is 1. The minimum Gasteiger partial charge on any atom is -0.477 e. The van der Waals surface area contributed by atoms with Gasteiger partial charge in [0.1, 0.15) is 27.7 Å². The Labute approximate surface area is 240 Å². The van der Waals surface area contributed by atoms with E-state index in [-0.39, 0.29) is 16.4 Å². The lowest BCUT2D eigenvalue weighted by Crippen LogP contribution is -2.70. The summed E-state index contributed by atoms with van der Waals surface area (Å²) < 4.78 is 5.83. The number of aliphatic carboxylic acids is 1. The molecule has 0 bridgehead atoms. The van der Waals surface area contributed by atoms with E-state index in [0.717, 1.165) is 16.3 Å². The van der Waals surface area contributed by atoms with Crippen molar-refractivity contribution in [3.8, 4) is 0 Å². The molecule has 3 amide bonds. The maximum Gasteiger partial charge on any atom is 0.413 e. The number of thioether (sulfide) groups is 2. The summed E-state index contributed by atoms with van der Waals surface area (Å²) in [7, 11) is 0. The molecule has 1 fully saturated rings. The molecule has 4 heterocycles. The molecule has 0 saturated carbocycles. The van der Waals surface area contributed by atoms with Gasteiger partial charge in [0.15, 0.2) is 9.47 Å². The van der Waals surface area contributed by atoms with E-state index in [2.05, 4.69) is 25.8 Å². The van der Waals surface area contributed by atoms with Gasteiger partial charge >= 0.3 is 12.1 Å². The van der Waals surface area contributed by atoms with Crippen LogP contribution in [0.3, 0.4) is 0 Å². The van der Waals surface area contributed by atoms with Gasteiger partial charge in [-0.3, -0.25) is 19.8 Å². The van der Waals surface area contributed by atoms with Crippen LogP contribution < -0.4 is 10.6 Å². The van der Waals surface area contributed by atoms with Crippen LogP contribution in [0.15, 0.2) is 26.4 Å². The average Bonchev–Trinajstić information content (AvgIpc) is 3.47. The van der Waals surface area contributed by atoms with Gasteiger partial charge in [0.2, 0.25) is 0 Å². The molecule has 4 rings (SSSR count). The van der Waals surface area contributed by atoms with Gasteiger partial charge in [-0.05, 0) is 34.1 Å². The van der Waals surface area contributed by atoms with Crippen LogP contribution in [-0.2, 0) is 19.1 Å². The fourth-order valence-electron chi connectivity index (χ4n) is 3.68. The van der Waals surface area contributed by atoms with Crippen molar-refractivity contribution in [1.82, 2.24) is 25.4 Å². The Morgan fingerprint density at radius 1 is 1.31 bits per heavy atom. The van der Waals surface area contributed by atoms with E-state index in [0.29, 0.717) is 27.1 Å². The fraction of sp³-hybridized carbons (Fsp3) is 0.435. The molecule has 208 valence electrons. The van der Waals surface area contributed by atoms with E-state index in [1.54, 1.807) is 39.2 Å². The monoisotopic (exact) mass is 610 g/mol. The van der Waals surface area contributed by atoms with Crippen molar-refractivity contribution in [2.24, 2.45) is 0 Å². The number of amides is 3. The third-order valence-electron chi connectivity index (χ3n) is 5.18. The number of hydrogen-bond acceptors (Lipinski definition) is 12. The first-order valence-electron chi connectivity index (χ1n) is 11.7. The highest BCUT2D eigenvalue weighted by atomic mass is 32.2. The summed E-state index contributed by atoms with van der Waals surface area (Å²) in [5.74, 6) is -1.91. The van der Waals surface area contributed by atoms with E-state index in [1.807, 2.05) is 6.92 Å². The lowest BCUT2D eigenvalue weighted by atomic mass is 10.0. The van der Waals surface area contributed by atoms with Crippen molar-refractivity contribution in [2.45, 2.75) is 62.4 Å². The number of nitrogens with zero attached hydrogens (tertiary/aromatic N) is 4. The molecule has 1 saturated heterocycles. The zero-order chi connectivity index (χ0) is 28.5. The van der Waals surface area contributed by atoms with Crippen LogP contribution in [-0.4, -0.2) is 71.8 Å². The minimum absolute atomic E-state index is 0.103. The lowest BCUT2D eigenvalue weighted by Gasteiger charge is -2.49. The van der Waals surface area contributed by atoms with Gasteiger partial charge in [-0.25, -0.2) is 14.6 Å². The Kier molecular flexibility index (Phi) is 8.68. The van der Waals surface area contributed by atoms with Crippen molar-refractivity contribution >= 4 is 80.8 Å². The molecular weight excluding hydrogens is 585 g/mol. The second kappa shape index (κ2) is 11.7. The molecule has 2 aliphatic heterocycles. The van der Waals surface area contributed by atoms with E-state index in [4.69, 9.17) is 4.74 Å². The molecule has 12 nitrogen and oxygen atoms in total. The minimum atomic E-state index is -1.22. The molecule has 0 radical (unpaired) electrons. The second-order valence-electron chi connectivity index (χ2n) is 9.32. The maximum absolute atomic E-state index is 13.2. The number of thiazole rings is 1. The van der Waals surface area contributed by atoms with E-state index >= 15 is 0 Å². The second-order valence-corrected chi connectivity index (χ2v) is 13.8. The van der Waals surface area contributed by atoms with Crippen LogP contribution in [0, 0.1) is 6.92 Å². The van der Waals surface area contributed by atoms with Gasteiger partial charge in [-0.1, -0.05) is 36.1 Å².